The van der Waals surface area contributed by atoms with Gasteiger partial charge in [0.05, 0.1) is 6.61 Å². The van der Waals surface area contributed by atoms with Gasteiger partial charge in [-0.25, -0.2) is 0 Å². The molecule has 0 fully saturated rings. The maximum Gasteiger partial charge on any atom is 0.119 e. The molecule has 0 amide bonds. The number of halogens is 1. The van der Waals surface area contributed by atoms with Crippen molar-refractivity contribution < 1.29 is 4.74 Å². The monoisotopic (exact) mass is 349 g/mol. The summed E-state index contributed by atoms with van der Waals surface area (Å²) in [6, 6.07) is 12.6. The van der Waals surface area contributed by atoms with Crippen LogP contribution in [0.2, 0.25) is 0 Å². The van der Waals surface area contributed by atoms with E-state index < -0.39 is 0 Å². The molecule has 0 aliphatic rings. The topological polar surface area (TPSA) is 21.3 Å². The van der Waals surface area contributed by atoms with Crippen LogP contribution in [0.1, 0.15) is 32.6 Å². The Bertz CT molecular complexity index is 556. The fourth-order valence-electron chi connectivity index (χ4n) is 2.36. The molecule has 3 heteroatoms. The Kier molecular flexibility index (Phi) is 7.04. The van der Waals surface area contributed by atoms with Gasteiger partial charge in [-0.1, -0.05) is 47.8 Å². The molecule has 0 aliphatic heterocycles. The van der Waals surface area contributed by atoms with Crippen LogP contribution < -0.4 is 10.1 Å². The lowest BCUT2D eigenvalue weighted by atomic mass is 10.1. The molecule has 0 aliphatic carbocycles. The van der Waals surface area contributed by atoms with Crippen LogP contribution in [-0.2, 0) is 0 Å². The number of unbranched alkanes of at least 4 members (excludes halogenated alkanes) is 3. The van der Waals surface area contributed by atoms with Crippen molar-refractivity contribution >= 4 is 26.7 Å². The van der Waals surface area contributed by atoms with Gasteiger partial charge in [-0.3, -0.25) is 0 Å². The van der Waals surface area contributed by atoms with Gasteiger partial charge < -0.3 is 10.1 Å². The second-order valence-electron chi connectivity index (χ2n) is 5.27. The first-order valence-corrected chi connectivity index (χ1v) is 8.62. The van der Waals surface area contributed by atoms with Crippen LogP contribution >= 0.6 is 15.9 Å². The Morgan fingerprint density at radius 3 is 2.57 bits per heavy atom. The molecule has 0 heterocycles. The number of hydrogen-bond acceptors (Lipinski definition) is 2. The first-order valence-electron chi connectivity index (χ1n) is 7.82. The standard InChI is InChI=1S/C18H24BrNO/c1-2-20-11-5-3-4-6-12-21-18-10-8-15-13-17(19)9-7-16(15)14-18/h7-10,13-14,20H,2-6,11-12H2,1H3. The third-order valence-corrected chi connectivity index (χ3v) is 4.03. The minimum absolute atomic E-state index is 0.809. The second-order valence-corrected chi connectivity index (χ2v) is 6.19. The molecule has 1 N–H and O–H groups in total. The van der Waals surface area contributed by atoms with Crippen molar-refractivity contribution in [2.75, 3.05) is 19.7 Å². The number of fused-ring (bicyclic) bond motifs is 1. The van der Waals surface area contributed by atoms with Gasteiger partial charge in [-0.2, -0.15) is 0 Å². The van der Waals surface area contributed by atoms with E-state index in [0.29, 0.717) is 0 Å². The van der Waals surface area contributed by atoms with Gasteiger partial charge in [0.25, 0.3) is 0 Å². The molecule has 2 aromatic carbocycles. The van der Waals surface area contributed by atoms with Crippen molar-refractivity contribution in [2.45, 2.75) is 32.6 Å². The summed E-state index contributed by atoms with van der Waals surface area (Å²) in [5, 5.41) is 5.81. The number of rotatable bonds is 9. The molecule has 0 saturated heterocycles. The van der Waals surface area contributed by atoms with Crippen molar-refractivity contribution in [1.29, 1.82) is 0 Å². The molecule has 114 valence electrons. The van der Waals surface area contributed by atoms with Crippen LogP contribution in [0.15, 0.2) is 40.9 Å². The largest absolute Gasteiger partial charge is 0.494 e. The van der Waals surface area contributed by atoms with Gasteiger partial charge >= 0.3 is 0 Å². The van der Waals surface area contributed by atoms with Crippen molar-refractivity contribution in [3.8, 4) is 5.75 Å². The Hall–Kier alpha value is -1.06. The van der Waals surface area contributed by atoms with E-state index in [0.717, 1.165) is 36.3 Å². The average Bonchev–Trinajstić information content (AvgIpc) is 2.50. The normalized spacial score (nSPS) is 11.0. The van der Waals surface area contributed by atoms with Crippen molar-refractivity contribution in [2.24, 2.45) is 0 Å². The maximum atomic E-state index is 5.84. The zero-order chi connectivity index (χ0) is 14.9. The van der Waals surface area contributed by atoms with E-state index in [1.165, 1.54) is 30.0 Å². The molecule has 0 aromatic heterocycles. The molecular weight excluding hydrogens is 326 g/mol. The summed E-state index contributed by atoms with van der Waals surface area (Å²) >= 11 is 3.50. The van der Waals surface area contributed by atoms with Gasteiger partial charge in [0.1, 0.15) is 5.75 Å². The average molecular weight is 350 g/mol. The quantitative estimate of drug-likeness (QED) is 0.632. The van der Waals surface area contributed by atoms with Crippen LogP contribution in [0, 0.1) is 0 Å². The van der Waals surface area contributed by atoms with E-state index in [9.17, 15) is 0 Å². The highest BCUT2D eigenvalue weighted by Gasteiger charge is 1.99. The smallest absolute Gasteiger partial charge is 0.119 e. The summed E-state index contributed by atoms with van der Waals surface area (Å²) in [6.45, 7) is 5.17. The number of hydrogen-bond donors (Lipinski definition) is 1. The molecule has 21 heavy (non-hydrogen) atoms. The van der Waals surface area contributed by atoms with E-state index in [1.807, 2.05) is 0 Å². The first kappa shape index (κ1) is 16.3. The first-order chi connectivity index (χ1) is 10.3. The van der Waals surface area contributed by atoms with Crippen LogP contribution in [0.25, 0.3) is 10.8 Å². The highest BCUT2D eigenvalue weighted by molar-refractivity contribution is 9.10. The molecular formula is C18H24BrNO. The van der Waals surface area contributed by atoms with Gasteiger partial charge in [-0.15, -0.1) is 0 Å². The van der Waals surface area contributed by atoms with E-state index in [1.54, 1.807) is 0 Å². The molecule has 0 saturated carbocycles. The fraction of sp³-hybridized carbons (Fsp3) is 0.444. The third-order valence-electron chi connectivity index (χ3n) is 3.54. The lowest BCUT2D eigenvalue weighted by Gasteiger charge is -2.08. The molecule has 2 rings (SSSR count). The van der Waals surface area contributed by atoms with Gasteiger partial charge in [0, 0.05) is 4.47 Å². The van der Waals surface area contributed by atoms with Gasteiger partial charge in [0.2, 0.25) is 0 Å². The van der Waals surface area contributed by atoms with Crippen molar-refractivity contribution in [3.05, 3.63) is 40.9 Å². The minimum atomic E-state index is 0.809. The summed E-state index contributed by atoms with van der Waals surface area (Å²) in [5.74, 6) is 0.970. The van der Waals surface area contributed by atoms with Crippen molar-refractivity contribution in [3.63, 3.8) is 0 Å². The highest BCUT2D eigenvalue weighted by Crippen LogP contribution is 2.24. The van der Waals surface area contributed by atoms with E-state index in [-0.39, 0.29) is 0 Å². The molecule has 0 unspecified atom stereocenters. The highest BCUT2D eigenvalue weighted by atomic mass is 79.9. The van der Waals surface area contributed by atoms with E-state index in [2.05, 4.69) is 64.6 Å². The molecule has 0 spiro atoms. The van der Waals surface area contributed by atoms with Crippen LogP contribution in [-0.4, -0.2) is 19.7 Å². The number of nitrogens with one attached hydrogen (secondary N) is 1. The lowest BCUT2D eigenvalue weighted by molar-refractivity contribution is 0.305. The Labute approximate surface area is 136 Å². The molecule has 0 atom stereocenters. The third kappa shape index (κ3) is 5.68. The number of ether oxygens (including phenoxy) is 1. The zero-order valence-electron chi connectivity index (χ0n) is 12.7. The summed E-state index contributed by atoms with van der Waals surface area (Å²) in [4.78, 5) is 0. The Morgan fingerprint density at radius 2 is 1.71 bits per heavy atom. The predicted molar refractivity (Wildman–Crippen MR) is 94.2 cm³/mol. The van der Waals surface area contributed by atoms with Crippen molar-refractivity contribution in [1.82, 2.24) is 5.32 Å². The SMILES string of the molecule is CCNCCCCCCOc1ccc2cc(Br)ccc2c1. The van der Waals surface area contributed by atoms with Crippen LogP contribution in [0.5, 0.6) is 5.75 Å². The van der Waals surface area contributed by atoms with E-state index in [4.69, 9.17) is 4.74 Å². The van der Waals surface area contributed by atoms with Gasteiger partial charge in [-0.05, 0) is 61.0 Å². The molecule has 2 nitrogen and oxygen atoms in total. The molecule has 0 bridgehead atoms. The molecule has 0 radical (unpaired) electrons. The predicted octanol–water partition coefficient (Wildman–Crippen LogP) is 5.15. The van der Waals surface area contributed by atoms with Gasteiger partial charge in [0.15, 0.2) is 0 Å². The lowest BCUT2D eigenvalue weighted by Crippen LogP contribution is -2.13. The van der Waals surface area contributed by atoms with Crippen LogP contribution in [0.3, 0.4) is 0 Å². The summed E-state index contributed by atoms with van der Waals surface area (Å²) < 4.78 is 6.96. The summed E-state index contributed by atoms with van der Waals surface area (Å²) in [5.41, 5.74) is 0. The molecule has 2 aromatic rings. The van der Waals surface area contributed by atoms with E-state index >= 15 is 0 Å². The Balaban J connectivity index is 1.70. The fourth-order valence-corrected chi connectivity index (χ4v) is 2.74. The maximum absolute atomic E-state index is 5.84. The summed E-state index contributed by atoms with van der Waals surface area (Å²) in [7, 11) is 0. The Morgan fingerprint density at radius 1 is 0.952 bits per heavy atom. The van der Waals surface area contributed by atoms with Crippen LogP contribution in [0.4, 0.5) is 0 Å². The minimum Gasteiger partial charge on any atom is -0.494 e. The number of benzene rings is 2. The second kappa shape index (κ2) is 9.06. The summed E-state index contributed by atoms with van der Waals surface area (Å²) in [6.07, 6.45) is 4.91. The zero-order valence-corrected chi connectivity index (χ0v) is 14.3.